The zero-order valence-electron chi connectivity index (χ0n) is 40.4. The Hall–Kier alpha value is -3.41. The maximum atomic E-state index is 12.7. The third-order valence-electron chi connectivity index (χ3n) is 10.6. The van der Waals surface area contributed by atoms with Gasteiger partial charge in [0.15, 0.2) is 6.10 Å². The van der Waals surface area contributed by atoms with Crippen molar-refractivity contribution in [1.29, 1.82) is 0 Å². The minimum Gasteiger partial charge on any atom is -0.462 e. The van der Waals surface area contributed by atoms with Crippen LogP contribution in [0, 0.1) is 0 Å². The molecule has 0 heterocycles. The number of ether oxygens (including phenoxy) is 3. The van der Waals surface area contributed by atoms with Gasteiger partial charge < -0.3 is 14.2 Å². The molecule has 0 aromatic rings. The van der Waals surface area contributed by atoms with Crippen molar-refractivity contribution in [3.8, 4) is 0 Å². The van der Waals surface area contributed by atoms with E-state index in [1.165, 1.54) is 96.3 Å². The summed E-state index contributed by atoms with van der Waals surface area (Å²) in [5.74, 6) is -1.01. The van der Waals surface area contributed by atoms with Crippen LogP contribution < -0.4 is 0 Å². The predicted molar refractivity (Wildman–Crippen MR) is 265 cm³/mol. The van der Waals surface area contributed by atoms with E-state index < -0.39 is 12.1 Å². The quantitative estimate of drug-likeness (QED) is 0.0263. The molecule has 0 bridgehead atoms. The van der Waals surface area contributed by atoms with Gasteiger partial charge in [-0.15, -0.1) is 0 Å². The SMILES string of the molecule is CC/C=C\C/C=C\C/C=C\C/C=C\CCC(=O)OC(COC(=O)CCCCCCCC/C=C\C/C=C\C/C=C\CCCCCCC)COC(=O)CCCCCCCCCCCC. The first-order valence-corrected chi connectivity index (χ1v) is 25.6. The normalized spacial score (nSPS) is 12.8. The molecule has 0 radical (unpaired) electrons. The second kappa shape index (κ2) is 50.2. The van der Waals surface area contributed by atoms with Gasteiger partial charge in [-0.05, 0) is 83.5 Å². The molecule has 0 amide bonds. The summed E-state index contributed by atoms with van der Waals surface area (Å²) in [6.07, 6.45) is 64.4. The predicted octanol–water partition coefficient (Wildman–Crippen LogP) is 16.8. The van der Waals surface area contributed by atoms with E-state index in [0.29, 0.717) is 19.3 Å². The van der Waals surface area contributed by atoms with E-state index in [9.17, 15) is 14.4 Å². The summed E-state index contributed by atoms with van der Waals surface area (Å²) in [4.78, 5) is 37.8. The Morgan fingerprint density at radius 1 is 0.339 bits per heavy atom. The molecule has 354 valence electrons. The van der Waals surface area contributed by atoms with Gasteiger partial charge in [-0.3, -0.25) is 14.4 Å². The van der Waals surface area contributed by atoms with E-state index in [2.05, 4.69) is 93.7 Å². The van der Waals surface area contributed by atoms with Crippen LogP contribution in [-0.2, 0) is 28.6 Å². The van der Waals surface area contributed by atoms with Gasteiger partial charge in [-0.2, -0.15) is 0 Å². The van der Waals surface area contributed by atoms with Crippen molar-refractivity contribution in [2.75, 3.05) is 13.2 Å². The molecular weight excluding hydrogens is 769 g/mol. The largest absolute Gasteiger partial charge is 0.462 e. The second-order valence-electron chi connectivity index (χ2n) is 16.7. The highest BCUT2D eigenvalue weighted by Crippen LogP contribution is 2.13. The summed E-state index contributed by atoms with van der Waals surface area (Å²) >= 11 is 0. The Labute approximate surface area is 382 Å². The summed E-state index contributed by atoms with van der Waals surface area (Å²) in [5, 5.41) is 0. The van der Waals surface area contributed by atoms with Crippen LogP contribution in [0.1, 0.15) is 233 Å². The lowest BCUT2D eigenvalue weighted by Crippen LogP contribution is -2.30. The molecule has 0 N–H and O–H groups in total. The van der Waals surface area contributed by atoms with Gasteiger partial charge in [0.2, 0.25) is 0 Å². The highest BCUT2D eigenvalue weighted by molar-refractivity contribution is 5.71. The first-order valence-electron chi connectivity index (χ1n) is 25.6. The van der Waals surface area contributed by atoms with Gasteiger partial charge in [0.05, 0.1) is 0 Å². The zero-order chi connectivity index (χ0) is 45.1. The molecule has 6 heteroatoms. The smallest absolute Gasteiger partial charge is 0.306 e. The minimum atomic E-state index is -0.817. The summed E-state index contributed by atoms with van der Waals surface area (Å²) in [6.45, 7) is 6.42. The fourth-order valence-corrected chi connectivity index (χ4v) is 6.81. The van der Waals surface area contributed by atoms with Gasteiger partial charge in [0, 0.05) is 19.3 Å². The van der Waals surface area contributed by atoms with E-state index in [1.807, 2.05) is 12.2 Å². The Morgan fingerprint density at radius 2 is 0.661 bits per heavy atom. The van der Waals surface area contributed by atoms with Crippen LogP contribution in [0.15, 0.2) is 85.1 Å². The Balaban J connectivity index is 4.41. The van der Waals surface area contributed by atoms with Crippen LogP contribution in [0.5, 0.6) is 0 Å². The number of unbranched alkanes of at least 4 members (excludes halogenated alkanes) is 20. The number of hydrogen-bond acceptors (Lipinski definition) is 6. The van der Waals surface area contributed by atoms with Crippen LogP contribution in [0.4, 0.5) is 0 Å². The third-order valence-corrected chi connectivity index (χ3v) is 10.6. The number of carbonyl (C=O) groups is 3. The molecule has 0 rings (SSSR count). The molecule has 62 heavy (non-hydrogen) atoms. The van der Waals surface area contributed by atoms with Crippen molar-refractivity contribution in [2.24, 2.45) is 0 Å². The van der Waals surface area contributed by atoms with E-state index >= 15 is 0 Å². The standard InChI is InChI=1S/C56H94O6/c1-4-7-10-13-16-19-22-24-25-26-27-28-29-30-31-33-34-37-40-43-46-49-55(58)61-52-53(51-60-54(57)48-45-42-39-36-21-18-15-12-9-6-3)62-56(59)50-47-44-41-38-35-32-23-20-17-14-11-8-5-2/h8,11,17,20,22,24,26-27,29-30,32,35,41,44,53H,4-7,9-10,12-16,18-19,21,23,25,28,31,33-34,36-40,42-43,45-52H2,1-3H3/b11-8-,20-17-,24-22-,27-26-,30-29-,35-32-,44-41-. The molecule has 0 aliphatic heterocycles. The minimum absolute atomic E-state index is 0.109. The third kappa shape index (κ3) is 47.6. The Bertz CT molecular complexity index is 1220. The van der Waals surface area contributed by atoms with Crippen LogP contribution in [0.3, 0.4) is 0 Å². The van der Waals surface area contributed by atoms with Gasteiger partial charge in [-0.1, -0.05) is 215 Å². The average Bonchev–Trinajstić information content (AvgIpc) is 3.27. The number of allylic oxidation sites excluding steroid dienone is 14. The molecule has 0 spiro atoms. The summed E-state index contributed by atoms with van der Waals surface area (Å²) in [7, 11) is 0. The maximum Gasteiger partial charge on any atom is 0.306 e. The Morgan fingerprint density at radius 3 is 1.05 bits per heavy atom. The van der Waals surface area contributed by atoms with Crippen LogP contribution in [0.25, 0.3) is 0 Å². The van der Waals surface area contributed by atoms with Crippen LogP contribution >= 0.6 is 0 Å². The molecule has 0 fully saturated rings. The maximum absolute atomic E-state index is 12.7. The Kier molecular flexibility index (Phi) is 47.5. The van der Waals surface area contributed by atoms with E-state index in [-0.39, 0.29) is 31.6 Å². The monoisotopic (exact) mass is 863 g/mol. The molecule has 0 saturated carbocycles. The first kappa shape index (κ1) is 58.6. The lowest BCUT2D eigenvalue weighted by Gasteiger charge is -2.18. The lowest BCUT2D eigenvalue weighted by atomic mass is 10.1. The van der Waals surface area contributed by atoms with Crippen LogP contribution in [0.2, 0.25) is 0 Å². The summed E-state index contributed by atoms with van der Waals surface area (Å²) in [5.41, 5.74) is 0. The lowest BCUT2D eigenvalue weighted by molar-refractivity contribution is -0.166. The summed E-state index contributed by atoms with van der Waals surface area (Å²) in [6, 6.07) is 0. The van der Waals surface area contributed by atoms with Crippen molar-refractivity contribution >= 4 is 17.9 Å². The average molecular weight is 863 g/mol. The van der Waals surface area contributed by atoms with Crippen molar-refractivity contribution in [1.82, 2.24) is 0 Å². The van der Waals surface area contributed by atoms with E-state index in [4.69, 9.17) is 14.2 Å². The second-order valence-corrected chi connectivity index (χ2v) is 16.7. The number of carbonyl (C=O) groups excluding carboxylic acids is 3. The molecule has 1 atom stereocenters. The number of esters is 3. The summed E-state index contributed by atoms with van der Waals surface area (Å²) < 4.78 is 16.7. The molecule has 0 aromatic heterocycles. The fourth-order valence-electron chi connectivity index (χ4n) is 6.81. The highest BCUT2D eigenvalue weighted by Gasteiger charge is 2.19. The van der Waals surface area contributed by atoms with Gasteiger partial charge in [0.1, 0.15) is 13.2 Å². The molecule has 0 aromatic carbocycles. The molecule has 0 saturated heterocycles. The fraction of sp³-hybridized carbons (Fsp3) is 0.696. The molecule has 6 nitrogen and oxygen atoms in total. The van der Waals surface area contributed by atoms with Crippen molar-refractivity contribution in [3.63, 3.8) is 0 Å². The number of hydrogen-bond donors (Lipinski definition) is 0. The van der Waals surface area contributed by atoms with E-state index in [0.717, 1.165) is 89.9 Å². The van der Waals surface area contributed by atoms with Crippen molar-refractivity contribution in [2.45, 2.75) is 239 Å². The zero-order valence-corrected chi connectivity index (χ0v) is 40.4. The first-order chi connectivity index (χ1) is 30.5. The van der Waals surface area contributed by atoms with Crippen LogP contribution in [-0.4, -0.2) is 37.2 Å². The van der Waals surface area contributed by atoms with Gasteiger partial charge in [0.25, 0.3) is 0 Å². The molecule has 0 aliphatic carbocycles. The molecule has 0 aliphatic rings. The van der Waals surface area contributed by atoms with Gasteiger partial charge >= 0.3 is 17.9 Å². The van der Waals surface area contributed by atoms with E-state index in [1.54, 1.807) is 0 Å². The van der Waals surface area contributed by atoms with Crippen molar-refractivity contribution < 1.29 is 28.6 Å². The number of rotatable bonds is 45. The molecule has 1 unspecified atom stereocenters. The topological polar surface area (TPSA) is 78.9 Å². The van der Waals surface area contributed by atoms with Crippen molar-refractivity contribution in [3.05, 3.63) is 85.1 Å². The van der Waals surface area contributed by atoms with Gasteiger partial charge in [-0.25, -0.2) is 0 Å². The molecular formula is C56H94O6. The highest BCUT2D eigenvalue weighted by atomic mass is 16.6.